The van der Waals surface area contributed by atoms with Gasteiger partial charge in [0.25, 0.3) is 0 Å². The maximum absolute atomic E-state index is 13.6. The molecule has 1 aromatic heterocycles. The Labute approximate surface area is 252 Å². The van der Waals surface area contributed by atoms with Crippen molar-refractivity contribution >= 4 is 23.3 Å². The highest BCUT2D eigenvalue weighted by Crippen LogP contribution is 2.41. The molecule has 4 rings (SSSR count). The zero-order chi connectivity index (χ0) is 30.9. The van der Waals surface area contributed by atoms with Gasteiger partial charge in [0.05, 0.1) is 38.2 Å². The third-order valence-corrected chi connectivity index (χ3v) is 7.18. The molecule has 0 radical (unpaired) electrons. The summed E-state index contributed by atoms with van der Waals surface area (Å²) in [5.41, 5.74) is 4.17. The van der Waals surface area contributed by atoms with Gasteiger partial charge in [-0.3, -0.25) is 14.4 Å². The second kappa shape index (κ2) is 15.0. The summed E-state index contributed by atoms with van der Waals surface area (Å²) in [6.45, 7) is 8.73. The van der Waals surface area contributed by atoms with Gasteiger partial charge in [0.1, 0.15) is 17.2 Å². The largest absolute Gasteiger partial charge is 0.379 e. The number of fused-ring (bicyclic) bond motifs is 5. The van der Waals surface area contributed by atoms with Gasteiger partial charge in [-0.25, -0.2) is 4.68 Å². The van der Waals surface area contributed by atoms with E-state index in [0.717, 1.165) is 11.1 Å². The molecule has 43 heavy (non-hydrogen) atoms. The summed E-state index contributed by atoms with van der Waals surface area (Å²) < 4.78 is 12.6. The van der Waals surface area contributed by atoms with Crippen molar-refractivity contribution in [3.05, 3.63) is 54.1 Å². The second-order valence-corrected chi connectivity index (χ2v) is 11.1. The molecule has 1 unspecified atom stereocenters. The van der Waals surface area contributed by atoms with E-state index in [4.69, 9.17) is 9.47 Å². The predicted molar refractivity (Wildman–Crippen MR) is 162 cm³/mol. The molecule has 0 saturated carbocycles. The molecule has 1 aliphatic rings. The third-order valence-electron chi connectivity index (χ3n) is 7.18. The number of hydrogen-bond donors (Lipinski definition) is 2. The minimum absolute atomic E-state index is 0.0108. The number of nitrogens with one attached hydrogen (secondary N) is 1. The summed E-state index contributed by atoms with van der Waals surface area (Å²) in [5, 5.41) is 22.5. The lowest BCUT2D eigenvalue weighted by Crippen LogP contribution is -2.34. The van der Waals surface area contributed by atoms with Crippen molar-refractivity contribution in [2.75, 3.05) is 31.3 Å². The van der Waals surface area contributed by atoms with E-state index in [1.54, 1.807) is 4.90 Å². The molecule has 0 aliphatic carbocycles. The summed E-state index contributed by atoms with van der Waals surface area (Å²) in [4.78, 5) is 39.5. The van der Waals surface area contributed by atoms with Crippen LogP contribution in [0.15, 0.2) is 48.5 Å². The van der Waals surface area contributed by atoms with Gasteiger partial charge in [0.2, 0.25) is 11.8 Å². The fraction of sp³-hybridized carbons (Fsp3) is 0.469. The van der Waals surface area contributed by atoms with Crippen LogP contribution in [-0.2, 0) is 30.4 Å². The van der Waals surface area contributed by atoms with Crippen molar-refractivity contribution in [1.82, 2.24) is 20.3 Å². The number of carbonyl (C=O) groups excluding carboxylic acids is 3. The van der Waals surface area contributed by atoms with E-state index in [2.05, 4.69) is 15.6 Å². The van der Waals surface area contributed by atoms with Gasteiger partial charge in [0.15, 0.2) is 6.23 Å². The van der Waals surface area contributed by atoms with E-state index in [1.807, 2.05) is 76.2 Å². The molecule has 2 N–H and O–H groups in total. The number of para-hydroxylation sites is 1. The topological polar surface area (TPSA) is 136 Å². The molecule has 2 aromatic carbocycles. The molecule has 1 aliphatic heterocycles. The van der Waals surface area contributed by atoms with Crippen molar-refractivity contribution < 1.29 is 29.0 Å². The second-order valence-electron chi connectivity index (χ2n) is 11.1. The van der Waals surface area contributed by atoms with Crippen LogP contribution < -0.4 is 10.2 Å². The number of hydrogen-bond acceptors (Lipinski definition) is 8. The number of aliphatic hydroxyl groups excluding tert-OH is 1. The first kappa shape index (κ1) is 32.0. The molecule has 0 fully saturated rings. The van der Waals surface area contributed by atoms with E-state index in [-0.39, 0.29) is 55.6 Å². The van der Waals surface area contributed by atoms with E-state index in [1.165, 1.54) is 4.68 Å². The third kappa shape index (κ3) is 8.13. The summed E-state index contributed by atoms with van der Waals surface area (Å²) in [6, 6.07) is 15.1. The average molecular weight is 592 g/mol. The monoisotopic (exact) mass is 591 g/mol. The number of Topliss-reactive ketones (excluding diaryl/α,β-unsaturated/α-hetero) is 1. The molecular weight excluding hydrogens is 550 g/mol. The number of benzene rings is 2. The van der Waals surface area contributed by atoms with Crippen molar-refractivity contribution in [2.24, 2.45) is 5.92 Å². The SMILES string of the molecule is CC(C)OCC(O)n1nnc2c1-c1ccccc1CN(C(=O)CCC(=O)NCCOCCC(=O)C(C)C)c1ccccc1-2. The highest BCUT2D eigenvalue weighted by Gasteiger charge is 2.30. The Hall–Kier alpha value is -3.93. The standard InChI is InChI=1S/C32H41N5O6/c1-21(2)27(38)15-17-42-18-16-33-28(39)13-14-29(40)36-19-23-9-5-6-10-24(23)32-31(25-11-7-8-12-26(25)36)34-35-37(32)30(41)20-43-22(3)4/h5-12,21-22,30,41H,13-20H2,1-4H3,(H,33,39). The molecule has 3 aromatic rings. The first-order chi connectivity index (χ1) is 20.7. The number of nitrogens with zero attached hydrogens (tertiary/aromatic N) is 4. The number of carbonyl (C=O) groups is 3. The molecule has 0 bridgehead atoms. The Kier molecular flexibility index (Phi) is 11.2. The van der Waals surface area contributed by atoms with Crippen molar-refractivity contribution in [2.45, 2.75) is 65.8 Å². The number of anilines is 1. The van der Waals surface area contributed by atoms with Crippen LogP contribution in [0.25, 0.3) is 22.5 Å². The van der Waals surface area contributed by atoms with Gasteiger partial charge in [-0.15, -0.1) is 5.10 Å². The molecule has 11 heteroatoms. The fourth-order valence-corrected chi connectivity index (χ4v) is 4.83. The molecule has 1 atom stereocenters. The summed E-state index contributed by atoms with van der Waals surface area (Å²) in [7, 11) is 0. The van der Waals surface area contributed by atoms with Crippen molar-refractivity contribution in [3.63, 3.8) is 0 Å². The molecule has 0 saturated heterocycles. The molecular formula is C32H41N5O6. The Balaban J connectivity index is 1.48. The fourth-order valence-electron chi connectivity index (χ4n) is 4.83. The van der Waals surface area contributed by atoms with Gasteiger partial charge in [-0.2, -0.15) is 0 Å². The predicted octanol–water partition coefficient (Wildman–Crippen LogP) is 3.90. The Morgan fingerprint density at radius 3 is 2.42 bits per heavy atom. The lowest BCUT2D eigenvalue weighted by atomic mass is 9.95. The highest BCUT2D eigenvalue weighted by molar-refractivity contribution is 6.01. The lowest BCUT2D eigenvalue weighted by molar-refractivity contribution is -0.125. The first-order valence-corrected chi connectivity index (χ1v) is 14.8. The van der Waals surface area contributed by atoms with Crippen LogP contribution in [0.3, 0.4) is 0 Å². The normalized spacial score (nSPS) is 13.1. The summed E-state index contributed by atoms with van der Waals surface area (Å²) >= 11 is 0. The maximum Gasteiger partial charge on any atom is 0.227 e. The minimum atomic E-state index is -1.05. The number of ketones is 1. The van der Waals surface area contributed by atoms with E-state index >= 15 is 0 Å². The number of aliphatic hydroxyl groups is 1. The Bertz CT molecular complexity index is 1420. The smallest absolute Gasteiger partial charge is 0.227 e. The first-order valence-electron chi connectivity index (χ1n) is 14.8. The lowest BCUT2D eigenvalue weighted by Gasteiger charge is -2.29. The van der Waals surface area contributed by atoms with Crippen LogP contribution in [0.5, 0.6) is 0 Å². The molecule has 2 amide bonds. The van der Waals surface area contributed by atoms with Gasteiger partial charge in [0, 0.05) is 42.9 Å². The van der Waals surface area contributed by atoms with E-state index < -0.39 is 6.23 Å². The maximum atomic E-state index is 13.6. The van der Waals surface area contributed by atoms with E-state index in [0.29, 0.717) is 48.8 Å². The van der Waals surface area contributed by atoms with E-state index in [9.17, 15) is 19.5 Å². The molecule has 230 valence electrons. The minimum Gasteiger partial charge on any atom is -0.379 e. The van der Waals surface area contributed by atoms with Gasteiger partial charge < -0.3 is 24.8 Å². The Morgan fingerprint density at radius 1 is 0.953 bits per heavy atom. The van der Waals surface area contributed by atoms with Crippen LogP contribution in [-0.4, -0.2) is 70.2 Å². The van der Waals surface area contributed by atoms with Crippen LogP contribution in [0, 0.1) is 5.92 Å². The van der Waals surface area contributed by atoms with Crippen LogP contribution in [0.2, 0.25) is 0 Å². The Morgan fingerprint density at radius 2 is 1.67 bits per heavy atom. The van der Waals surface area contributed by atoms with Crippen molar-refractivity contribution in [3.8, 4) is 22.5 Å². The highest BCUT2D eigenvalue weighted by atomic mass is 16.5. The zero-order valence-corrected chi connectivity index (χ0v) is 25.3. The molecule has 2 heterocycles. The number of aromatic nitrogens is 3. The van der Waals surface area contributed by atoms with Gasteiger partial charge in [-0.1, -0.05) is 61.5 Å². The summed E-state index contributed by atoms with van der Waals surface area (Å²) in [5.74, 6) is -0.333. The van der Waals surface area contributed by atoms with Crippen LogP contribution in [0.1, 0.15) is 58.7 Å². The van der Waals surface area contributed by atoms with Crippen LogP contribution >= 0.6 is 0 Å². The molecule has 0 spiro atoms. The van der Waals surface area contributed by atoms with Gasteiger partial charge in [-0.05, 0) is 25.5 Å². The quantitative estimate of drug-likeness (QED) is 0.270. The zero-order valence-electron chi connectivity index (χ0n) is 25.3. The number of rotatable bonds is 14. The van der Waals surface area contributed by atoms with Crippen molar-refractivity contribution in [1.29, 1.82) is 0 Å². The number of ether oxygens (including phenoxy) is 2. The van der Waals surface area contributed by atoms with Crippen LogP contribution in [0.4, 0.5) is 5.69 Å². The molecule has 11 nitrogen and oxygen atoms in total. The summed E-state index contributed by atoms with van der Waals surface area (Å²) in [6.07, 6.45) is -0.728. The average Bonchev–Trinajstić information content (AvgIpc) is 3.42. The van der Waals surface area contributed by atoms with Gasteiger partial charge >= 0.3 is 0 Å². The number of amides is 2.